The molecule has 1 saturated heterocycles. The summed E-state index contributed by atoms with van der Waals surface area (Å²) in [6, 6.07) is 2.12. The van der Waals surface area contributed by atoms with Crippen LogP contribution >= 0.6 is 0 Å². The SMILES string of the molecule is NC1CCCC1N1CCC2CCCCC21. The van der Waals surface area contributed by atoms with Gasteiger partial charge in [0.15, 0.2) is 0 Å². The van der Waals surface area contributed by atoms with Gasteiger partial charge in [-0.1, -0.05) is 19.3 Å². The summed E-state index contributed by atoms with van der Waals surface area (Å²) in [5.74, 6) is 1.02. The van der Waals surface area contributed by atoms with Crippen LogP contribution in [0, 0.1) is 5.92 Å². The van der Waals surface area contributed by atoms with Crippen molar-refractivity contribution in [2.24, 2.45) is 11.7 Å². The molecule has 2 saturated carbocycles. The first-order valence-corrected chi connectivity index (χ1v) is 6.87. The molecule has 4 unspecified atom stereocenters. The van der Waals surface area contributed by atoms with Crippen molar-refractivity contribution in [1.82, 2.24) is 4.90 Å². The number of hydrogen-bond acceptors (Lipinski definition) is 2. The second kappa shape index (κ2) is 4.06. The normalized spacial score (nSPS) is 47.0. The molecule has 0 spiro atoms. The molecule has 0 aromatic carbocycles. The zero-order valence-electron chi connectivity index (χ0n) is 9.70. The molecular weight excluding hydrogens is 184 g/mol. The number of nitrogens with two attached hydrogens (primary N) is 1. The summed E-state index contributed by atoms with van der Waals surface area (Å²) in [5.41, 5.74) is 6.24. The molecule has 2 N–H and O–H groups in total. The van der Waals surface area contributed by atoms with E-state index in [-0.39, 0.29) is 0 Å². The lowest BCUT2D eigenvalue weighted by Crippen LogP contribution is -2.48. The first-order valence-electron chi connectivity index (χ1n) is 6.87. The third kappa shape index (κ3) is 1.72. The van der Waals surface area contributed by atoms with Gasteiger partial charge in [0.25, 0.3) is 0 Å². The van der Waals surface area contributed by atoms with Gasteiger partial charge >= 0.3 is 0 Å². The highest BCUT2D eigenvalue weighted by atomic mass is 15.2. The highest BCUT2D eigenvalue weighted by Crippen LogP contribution is 2.39. The Labute approximate surface area is 93.2 Å². The summed E-state index contributed by atoms with van der Waals surface area (Å²) in [6.07, 6.45) is 11.3. The monoisotopic (exact) mass is 208 g/mol. The van der Waals surface area contributed by atoms with Crippen molar-refractivity contribution < 1.29 is 0 Å². The minimum Gasteiger partial charge on any atom is -0.326 e. The summed E-state index contributed by atoms with van der Waals surface area (Å²) < 4.78 is 0. The molecule has 2 aliphatic carbocycles. The predicted octanol–water partition coefficient (Wildman–Crippen LogP) is 2.13. The van der Waals surface area contributed by atoms with E-state index in [0.29, 0.717) is 6.04 Å². The van der Waals surface area contributed by atoms with Gasteiger partial charge in [-0.15, -0.1) is 0 Å². The highest BCUT2D eigenvalue weighted by Gasteiger charge is 2.41. The third-order valence-corrected chi connectivity index (χ3v) is 5.01. The van der Waals surface area contributed by atoms with Crippen molar-refractivity contribution in [3.63, 3.8) is 0 Å². The summed E-state index contributed by atoms with van der Waals surface area (Å²) in [4.78, 5) is 2.79. The van der Waals surface area contributed by atoms with Crippen LogP contribution in [0.2, 0.25) is 0 Å². The lowest BCUT2D eigenvalue weighted by atomic mass is 9.85. The number of nitrogens with zero attached hydrogens (tertiary/aromatic N) is 1. The van der Waals surface area contributed by atoms with Crippen LogP contribution in [0.15, 0.2) is 0 Å². The van der Waals surface area contributed by atoms with Gasteiger partial charge in [-0.05, 0) is 44.6 Å². The topological polar surface area (TPSA) is 29.3 Å². The Kier molecular flexibility index (Phi) is 2.73. The minimum atomic E-state index is 0.477. The Morgan fingerprint density at radius 2 is 1.60 bits per heavy atom. The Morgan fingerprint density at radius 3 is 2.40 bits per heavy atom. The van der Waals surface area contributed by atoms with Crippen molar-refractivity contribution >= 4 is 0 Å². The van der Waals surface area contributed by atoms with Crippen LogP contribution in [0.4, 0.5) is 0 Å². The Hall–Kier alpha value is -0.0800. The van der Waals surface area contributed by atoms with E-state index < -0.39 is 0 Å². The molecule has 15 heavy (non-hydrogen) atoms. The number of rotatable bonds is 1. The second-order valence-electron chi connectivity index (χ2n) is 5.80. The van der Waals surface area contributed by atoms with Crippen LogP contribution in [-0.4, -0.2) is 29.6 Å². The van der Waals surface area contributed by atoms with E-state index in [2.05, 4.69) is 4.90 Å². The number of fused-ring (bicyclic) bond motifs is 1. The molecule has 0 bridgehead atoms. The average Bonchev–Trinajstić information content (AvgIpc) is 2.83. The molecule has 0 aromatic rings. The van der Waals surface area contributed by atoms with E-state index in [1.165, 1.54) is 57.9 Å². The van der Waals surface area contributed by atoms with Crippen LogP contribution in [0.25, 0.3) is 0 Å². The Balaban J connectivity index is 1.70. The fourth-order valence-corrected chi connectivity index (χ4v) is 4.23. The molecule has 4 atom stereocenters. The van der Waals surface area contributed by atoms with Gasteiger partial charge in [0.05, 0.1) is 0 Å². The van der Waals surface area contributed by atoms with Gasteiger partial charge in [-0.3, -0.25) is 4.90 Å². The summed E-state index contributed by atoms with van der Waals surface area (Å²) in [5, 5.41) is 0. The smallest absolute Gasteiger partial charge is 0.0250 e. The van der Waals surface area contributed by atoms with Crippen LogP contribution < -0.4 is 5.73 Å². The molecular formula is C13H24N2. The van der Waals surface area contributed by atoms with Gasteiger partial charge in [-0.2, -0.15) is 0 Å². The molecule has 3 aliphatic rings. The zero-order chi connectivity index (χ0) is 10.3. The van der Waals surface area contributed by atoms with E-state index in [9.17, 15) is 0 Å². The van der Waals surface area contributed by atoms with Crippen LogP contribution in [0.3, 0.4) is 0 Å². The first-order chi connectivity index (χ1) is 7.36. The Morgan fingerprint density at radius 1 is 0.800 bits per heavy atom. The number of likely N-dealkylation sites (tertiary alicyclic amines) is 1. The Bertz CT molecular complexity index is 229. The average molecular weight is 208 g/mol. The van der Waals surface area contributed by atoms with Crippen LogP contribution in [-0.2, 0) is 0 Å². The number of hydrogen-bond donors (Lipinski definition) is 1. The van der Waals surface area contributed by atoms with Gasteiger partial charge < -0.3 is 5.73 Å². The van der Waals surface area contributed by atoms with Crippen molar-refractivity contribution in [1.29, 1.82) is 0 Å². The molecule has 3 fully saturated rings. The highest BCUT2D eigenvalue weighted by molar-refractivity contribution is 4.97. The molecule has 86 valence electrons. The molecule has 0 radical (unpaired) electrons. The predicted molar refractivity (Wildman–Crippen MR) is 62.7 cm³/mol. The molecule has 2 heteroatoms. The van der Waals surface area contributed by atoms with Gasteiger partial charge in [0, 0.05) is 18.1 Å². The summed E-state index contributed by atoms with van der Waals surface area (Å²) >= 11 is 0. The van der Waals surface area contributed by atoms with Crippen molar-refractivity contribution in [2.45, 2.75) is 69.5 Å². The van der Waals surface area contributed by atoms with E-state index in [1.54, 1.807) is 0 Å². The second-order valence-corrected chi connectivity index (χ2v) is 5.80. The van der Waals surface area contributed by atoms with Crippen LogP contribution in [0.1, 0.15) is 51.4 Å². The summed E-state index contributed by atoms with van der Waals surface area (Å²) in [6.45, 7) is 1.34. The maximum Gasteiger partial charge on any atom is 0.0250 e. The molecule has 0 aromatic heterocycles. The van der Waals surface area contributed by atoms with Crippen molar-refractivity contribution in [3.8, 4) is 0 Å². The molecule has 2 nitrogen and oxygen atoms in total. The quantitative estimate of drug-likeness (QED) is 0.715. The molecule has 1 aliphatic heterocycles. The summed E-state index contributed by atoms with van der Waals surface area (Å²) in [7, 11) is 0. The largest absolute Gasteiger partial charge is 0.326 e. The van der Waals surface area contributed by atoms with E-state index in [0.717, 1.165) is 18.0 Å². The maximum atomic E-state index is 6.24. The van der Waals surface area contributed by atoms with Crippen LogP contribution in [0.5, 0.6) is 0 Å². The molecule has 3 rings (SSSR count). The molecule has 1 heterocycles. The third-order valence-electron chi connectivity index (χ3n) is 5.01. The van der Waals surface area contributed by atoms with Crippen molar-refractivity contribution in [3.05, 3.63) is 0 Å². The fourth-order valence-electron chi connectivity index (χ4n) is 4.23. The first kappa shape index (κ1) is 10.1. The fraction of sp³-hybridized carbons (Fsp3) is 1.00. The van der Waals surface area contributed by atoms with Gasteiger partial charge in [0.2, 0.25) is 0 Å². The van der Waals surface area contributed by atoms with Gasteiger partial charge in [-0.25, -0.2) is 0 Å². The van der Waals surface area contributed by atoms with Crippen molar-refractivity contribution in [2.75, 3.05) is 6.54 Å². The standard InChI is InChI=1S/C13H24N2/c14-11-5-3-7-13(11)15-9-8-10-4-1-2-6-12(10)15/h10-13H,1-9,14H2. The zero-order valence-corrected chi connectivity index (χ0v) is 9.70. The minimum absolute atomic E-state index is 0.477. The maximum absolute atomic E-state index is 6.24. The molecule has 0 amide bonds. The van der Waals surface area contributed by atoms with Gasteiger partial charge in [0.1, 0.15) is 0 Å². The lowest BCUT2D eigenvalue weighted by Gasteiger charge is -2.37. The van der Waals surface area contributed by atoms with E-state index in [4.69, 9.17) is 5.73 Å². The van der Waals surface area contributed by atoms with E-state index >= 15 is 0 Å². The van der Waals surface area contributed by atoms with E-state index in [1.807, 2.05) is 0 Å². The lowest BCUT2D eigenvalue weighted by molar-refractivity contribution is 0.125.